The summed E-state index contributed by atoms with van der Waals surface area (Å²) in [5, 5.41) is 0. The van der Waals surface area contributed by atoms with Gasteiger partial charge in [-0.05, 0) is 36.9 Å². The summed E-state index contributed by atoms with van der Waals surface area (Å²) in [6.45, 7) is 6.57. The lowest BCUT2D eigenvalue weighted by Crippen LogP contribution is -2.41. The van der Waals surface area contributed by atoms with E-state index >= 15 is 0 Å². The van der Waals surface area contributed by atoms with Crippen LogP contribution in [0.5, 0.6) is 0 Å². The van der Waals surface area contributed by atoms with E-state index in [1.165, 1.54) is 43.2 Å². The summed E-state index contributed by atoms with van der Waals surface area (Å²) >= 11 is 0. The minimum Gasteiger partial charge on any atom is -0.323 e. The summed E-state index contributed by atoms with van der Waals surface area (Å²) in [6.07, 6.45) is 8.01. The monoisotopic (exact) mass is 274 g/mol. The Balaban J connectivity index is 1.94. The van der Waals surface area contributed by atoms with Crippen molar-refractivity contribution in [1.82, 2.24) is 4.90 Å². The van der Waals surface area contributed by atoms with Gasteiger partial charge in [0.25, 0.3) is 0 Å². The van der Waals surface area contributed by atoms with Gasteiger partial charge in [0.1, 0.15) is 0 Å². The number of aryl methyl sites for hydroxylation is 1. The molecule has 1 unspecified atom stereocenters. The Hall–Kier alpha value is -0.860. The van der Waals surface area contributed by atoms with Crippen LogP contribution < -0.4 is 5.73 Å². The third-order valence-corrected chi connectivity index (χ3v) is 4.74. The van der Waals surface area contributed by atoms with Crippen molar-refractivity contribution in [1.29, 1.82) is 0 Å². The first-order chi connectivity index (χ1) is 9.74. The SMILES string of the molecule is CCc1ccc(C(N)CN(CC)C2CCCCC2)cc1. The lowest BCUT2D eigenvalue weighted by Gasteiger charge is -2.35. The van der Waals surface area contributed by atoms with Gasteiger partial charge in [-0.25, -0.2) is 0 Å². The van der Waals surface area contributed by atoms with E-state index in [9.17, 15) is 0 Å². The Kier molecular flexibility index (Phi) is 6.06. The van der Waals surface area contributed by atoms with Gasteiger partial charge in [-0.2, -0.15) is 0 Å². The molecular weight excluding hydrogens is 244 g/mol. The molecular formula is C18H30N2. The fourth-order valence-electron chi connectivity index (χ4n) is 3.34. The van der Waals surface area contributed by atoms with Gasteiger partial charge in [-0.1, -0.05) is 57.4 Å². The van der Waals surface area contributed by atoms with Crippen molar-refractivity contribution < 1.29 is 0 Å². The first kappa shape index (κ1) is 15.5. The Labute approximate surface area is 124 Å². The Morgan fingerprint density at radius 1 is 1.10 bits per heavy atom. The van der Waals surface area contributed by atoms with Gasteiger partial charge in [0, 0.05) is 18.6 Å². The van der Waals surface area contributed by atoms with Crippen LogP contribution in [0.2, 0.25) is 0 Å². The van der Waals surface area contributed by atoms with E-state index in [2.05, 4.69) is 43.0 Å². The molecule has 2 heteroatoms. The minimum absolute atomic E-state index is 0.141. The van der Waals surface area contributed by atoms with Gasteiger partial charge in [-0.15, -0.1) is 0 Å². The summed E-state index contributed by atoms with van der Waals surface area (Å²) in [4.78, 5) is 2.59. The van der Waals surface area contributed by atoms with Crippen LogP contribution in [0.3, 0.4) is 0 Å². The quantitative estimate of drug-likeness (QED) is 0.852. The standard InChI is InChI=1S/C18H30N2/c1-3-15-10-12-16(13-11-15)18(19)14-20(4-2)17-8-6-5-7-9-17/h10-13,17-18H,3-9,14,19H2,1-2H3. The highest BCUT2D eigenvalue weighted by molar-refractivity contribution is 5.25. The largest absolute Gasteiger partial charge is 0.323 e. The third-order valence-electron chi connectivity index (χ3n) is 4.74. The lowest BCUT2D eigenvalue weighted by molar-refractivity contribution is 0.155. The van der Waals surface area contributed by atoms with Crippen molar-refractivity contribution in [2.45, 2.75) is 64.5 Å². The topological polar surface area (TPSA) is 29.3 Å². The van der Waals surface area contributed by atoms with E-state index < -0.39 is 0 Å². The van der Waals surface area contributed by atoms with E-state index in [4.69, 9.17) is 5.73 Å². The lowest BCUT2D eigenvalue weighted by atomic mass is 9.93. The number of rotatable bonds is 6. The maximum atomic E-state index is 6.43. The number of nitrogens with zero attached hydrogens (tertiary/aromatic N) is 1. The highest BCUT2D eigenvalue weighted by Crippen LogP contribution is 2.24. The summed E-state index contributed by atoms with van der Waals surface area (Å²) in [6, 6.07) is 9.74. The van der Waals surface area contributed by atoms with Crippen LogP contribution in [0.1, 0.15) is 63.1 Å². The van der Waals surface area contributed by atoms with E-state index in [0.29, 0.717) is 0 Å². The molecule has 20 heavy (non-hydrogen) atoms. The van der Waals surface area contributed by atoms with E-state index in [1.807, 2.05) is 0 Å². The Morgan fingerprint density at radius 2 is 1.75 bits per heavy atom. The maximum Gasteiger partial charge on any atom is 0.0424 e. The summed E-state index contributed by atoms with van der Waals surface area (Å²) in [7, 11) is 0. The zero-order chi connectivity index (χ0) is 14.4. The molecule has 112 valence electrons. The molecule has 0 aliphatic heterocycles. The van der Waals surface area contributed by atoms with Gasteiger partial charge in [0.2, 0.25) is 0 Å². The Morgan fingerprint density at radius 3 is 2.30 bits per heavy atom. The van der Waals surface area contributed by atoms with Crippen molar-refractivity contribution in [3.63, 3.8) is 0 Å². The molecule has 1 aliphatic carbocycles. The van der Waals surface area contributed by atoms with Crippen LogP contribution in [0, 0.1) is 0 Å². The molecule has 1 aromatic rings. The van der Waals surface area contributed by atoms with Gasteiger partial charge < -0.3 is 5.73 Å². The molecule has 2 N–H and O–H groups in total. The van der Waals surface area contributed by atoms with Crippen molar-refractivity contribution in [3.05, 3.63) is 35.4 Å². The van der Waals surface area contributed by atoms with E-state index in [1.54, 1.807) is 0 Å². The summed E-state index contributed by atoms with van der Waals surface area (Å²) < 4.78 is 0. The first-order valence-electron chi connectivity index (χ1n) is 8.33. The van der Waals surface area contributed by atoms with Gasteiger partial charge in [-0.3, -0.25) is 4.90 Å². The molecule has 1 saturated carbocycles. The third kappa shape index (κ3) is 4.07. The molecule has 1 atom stereocenters. The van der Waals surface area contributed by atoms with Gasteiger partial charge in [0.15, 0.2) is 0 Å². The van der Waals surface area contributed by atoms with Crippen LogP contribution in [-0.4, -0.2) is 24.0 Å². The summed E-state index contributed by atoms with van der Waals surface area (Å²) in [5.74, 6) is 0. The van der Waals surface area contributed by atoms with E-state index in [0.717, 1.165) is 25.6 Å². The molecule has 0 heterocycles. The predicted octanol–water partition coefficient (Wildman–Crippen LogP) is 3.90. The fraction of sp³-hybridized carbons (Fsp3) is 0.667. The molecule has 2 nitrogen and oxygen atoms in total. The van der Waals surface area contributed by atoms with Crippen molar-refractivity contribution in [2.75, 3.05) is 13.1 Å². The van der Waals surface area contributed by atoms with Crippen LogP contribution in [0.25, 0.3) is 0 Å². The average molecular weight is 274 g/mol. The second-order valence-electron chi connectivity index (χ2n) is 6.08. The molecule has 0 spiro atoms. The molecule has 0 bridgehead atoms. The molecule has 1 aromatic carbocycles. The molecule has 0 amide bonds. The van der Waals surface area contributed by atoms with Crippen LogP contribution >= 0.6 is 0 Å². The van der Waals surface area contributed by atoms with Gasteiger partial charge >= 0.3 is 0 Å². The van der Waals surface area contributed by atoms with Crippen molar-refractivity contribution in [2.24, 2.45) is 5.73 Å². The second kappa shape index (κ2) is 7.80. The molecule has 2 rings (SSSR count). The highest BCUT2D eigenvalue weighted by Gasteiger charge is 2.21. The average Bonchev–Trinajstić information content (AvgIpc) is 2.53. The van der Waals surface area contributed by atoms with Gasteiger partial charge in [0.05, 0.1) is 0 Å². The van der Waals surface area contributed by atoms with Crippen LogP contribution in [-0.2, 0) is 6.42 Å². The maximum absolute atomic E-state index is 6.43. The number of likely N-dealkylation sites (N-methyl/N-ethyl adjacent to an activating group) is 1. The van der Waals surface area contributed by atoms with Crippen molar-refractivity contribution in [3.8, 4) is 0 Å². The van der Waals surface area contributed by atoms with Crippen LogP contribution in [0.15, 0.2) is 24.3 Å². The van der Waals surface area contributed by atoms with Crippen molar-refractivity contribution >= 4 is 0 Å². The molecule has 1 fully saturated rings. The number of hydrogen-bond acceptors (Lipinski definition) is 2. The zero-order valence-electron chi connectivity index (χ0n) is 13.1. The smallest absolute Gasteiger partial charge is 0.0424 e. The Bertz CT molecular complexity index is 379. The highest BCUT2D eigenvalue weighted by atomic mass is 15.2. The van der Waals surface area contributed by atoms with E-state index in [-0.39, 0.29) is 6.04 Å². The summed E-state index contributed by atoms with van der Waals surface area (Å²) in [5.41, 5.74) is 9.09. The molecule has 1 aliphatic rings. The number of hydrogen-bond donors (Lipinski definition) is 1. The number of benzene rings is 1. The molecule has 0 radical (unpaired) electrons. The first-order valence-corrected chi connectivity index (χ1v) is 8.33. The molecule has 0 aromatic heterocycles. The normalized spacial score (nSPS) is 18.4. The second-order valence-corrected chi connectivity index (χ2v) is 6.08. The predicted molar refractivity (Wildman–Crippen MR) is 86.9 cm³/mol. The molecule has 0 saturated heterocycles. The van der Waals surface area contributed by atoms with Crippen LogP contribution in [0.4, 0.5) is 0 Å². The zero-order valence-corrected chi connectivity index (χ0v) is 13.1. The minimum atomic E-state index is 0.141. The number of nitrogens with two attached hydrogens (primary N) is 1. The fourth-order valence-corrected chi connectivity index (χ4v) is 3.34.